The third-order valence-corrected chi connectivity index (χ3v) is 2.85. The summed E-state index contributed by atoms with van der Waals surface area (Å²) >= 11 is 0. The highest BCUT2D eigenvalue weighted by atomic mass is 16.4. The molecule has 1 heterocycles. The van der Waals surface area contributed by atoms with Gasteiger partial charge in [-0.15, -0.1) is 0 Å². The van der Waals surface area contributed by atoms with E-state index in [1.54, 1.807) is 4.90 Å². The first-order valence-electron chi connectivity index (χ1n) is 5.65. The first-order valence-corrected chi connectivity index (χ1v) is 5.65. The van der Waals surface area contributed by atoms with Crippen molar-refractivity contribution in [1.82, 2.24) is 4.90 Å². The van der Waals surface area contributed by atoms with Crippen molar-refractivity contribution in [2.75, 3.05) is 13.1 Å². The summed E-state index contributed by atoms with van der Waals surface area (Å²) in [7, 11) is 0. The van der Waals surface area contributed by atoms with Gasteiger partial charge in [-0.3, -0.25) is 9.59 Å². The average Bonchev–Trinajstić information content (AvgIpc) is 2.55. The van der Waals surface area contributed by atoms with E-state index >= 15 is 0 Å². The van der Waals surface area contributed by atoms with Crippen LogP contribution in [0.25, 0.3) is 0 Å². The Morgan fingerprint density at radius 3 is 2.73 bits per heavy atom. The summed E-state index contributed by atoms with van der Waals surface area (Å²) in [4.78, 5) is 23.8. The molecule has 0 spiro atoms. The molecule has 1 fully saturated rings. The lowest BCUT2D eigenvalue weighted by Crippen LogP contribution is -2.27. The minimum Gasteiger partial charge on any atom is -0.481 e. The van der Waals surface area contributed by atoms with E-state index in [2.05, 4.69) is 6.92 Å². The summed E-state index contributed by atoms with van der Waals surface area (Å²) in [6.07, 6.45) is 4.66. The third-order valence-electron chi connectivity index (χ3n) is 2.85. The maximum atomic E-state index is 11.4. The average molecular weight is 213 g/mol. The van der Waals surface area contributed by atoms with Crippen molar-refractivity contribution < 1.29 is 14.7 Å². The number of carbonyl (C=O) groups is 2. The summed E-state index contributed by atoms with van der Waals surface area (Å²) in [5, 5.41) is 8.78. The zero-order valence-corrected chi connectivity index (χ0v) is 9.24. The molecule has 1 aliphatic heterocycles. The fourth-order valence-electron chi connectivity index (χ4n) is 1.88. The van der Waals surface area contributed by atoms with Crippen LogP contribution in [0.1, 0.15) is 39.0 Å². The number of carboxylic acid groups (broad SMARTS) is 1. The number of aliphatic carboxylic acids is 1. The van der Waals surface area contributed by atoms with Gasteiger partial charge >= 0.3 is 5.97 Å². The number of hydrogen-bond acceptors (Lipinski definition) is 2. The molecule has 4 nitrogen and oxygen atoms in total. The topological polar surface area (TPSA) is 57.6 Å². The van der Waals surface area contributed by atoms with Crippen LogP contribution in [0.5, 0.6) is 0 Å². The number of nitrogens with zero attached hydrogens (tertiary/aromatic N) is 1. The molecule has 0 bridgehead atoms. The van der Waals surface area contributed by atoms with E-state index in [9.17, 15) is 9.59 Å². The molecule has 1 atom stereocenters. The van der Waals surface area contributed by atoms with Gasteiger partial charge in [0.15, 0.2) is 0 Å². The molecule has 1 amide bonds. The van der Waals surface area contributed by atoms with Crippen molar-refractivity contribution in [2.24, 2.45) is 5.92 Å². The number of unbranched alkanes of at least 4 members (excludes halogenated alkanes) is 3. The summed E-state index contributed by atoms with van der Waals surface area (Å²) < 4.78 is 0. The van der Waals surface area contributed by atoms with E-state index in [1.807, 2.05) is 0 Å². The molecule has 86 valence electrons. The predicted molar refractivity (Wildman–Crippen MR) is 56.5 cm³/mol. The fraction of sp³-hybridized carbons (Fsp3) is 0.818. The van der Waals surface area contributed by atoms with Crippen LogP contribution in [0.2, 0.25) is 0 Å². The van der Waals surface area contributed by atoms with Crippen molar-refractivity contribution in [2.45, 2.75) is 39.0 Å². The van der Waals surface area contributed by atoms with Crippen LogP contribution in [-0.4, -0.2) is 35.0 Å². The maximum Gasteiger partial charge on any atom is 0.308 e. The van der Waals surface area contributed by atoms with Gasteiger partial charge in [0.2, 0.25) is 5.91 Å². The van der Waals surface area contributed by atoms with Gasteiger partial charge in [0.1, 0.15) is 0 Å². The summed E-state index contributed by atoms with van der Waals surface area (Å²) in [5.74, 6) is -1.33. The van der Waals surface area contributed by atoms with Crippen molar-refractivity contribution in [3.63, 3.8) is 0 Å². The predicted octanol–water partition coefficient (Wildman–Crippen LogP) is 1.50. The van der Waals surface area contributed by atoms with Gasteiger partial charge in [-0.1, -0.05) is 26.2 Å². The second-order valence-electron chi connectivity index (χ2n) is 4.14. The van der Waals surface area contributed by atoms with Crippen LogP contribution in [0.4, 0.5) is 0 Å². The number of hydrogen-bond donors (Lipinski definition) is 1. The molecule has 15 heavy (non-hydrogen) atoms. The Hall–Kier alpha value is -1.06. The van der Waals surface area contributed by atoms with E-state index in [0.29, 0.717) is 6.54 Å². The molecular weight excluding hydrogens is 194 g/mol. The number of rotatable bonds is 6. The van der Waals surface area contributed by atoms with Gasteiger partial charge in [-0.2, -0.15) is 0 Å². The molecule has 0 unspecified atom stereocenters. The minimum atomic E-state index is -0.848. The molecule has 4 heteroatoms. The van der Waals surface area contributed by atoms with E-state index in [4.69, 9.17) is 5.11 Å². The Balaban J connectivity index is 2.25. The monoisotopic (exact) mass is 213 g/mol. The van der Waals surface area contributed by atoms with Gasteiger partial charge in [0.25, 0.3) is 0 Å². The molecule has 0 aromatic rings. The van der Waals surface area contributed by atoms with Gasteiger partial charge in [-0.25, -0.2) is 0 Å². The van der Waals surface area contributed by atoms with Gasteiger partial charge in [0.05, 0.1) is 5.92 Å². The van der Waals surface area contributed by atoms with E-state index in [-0.39, 0.29) is 12.3 Å². The number of likely N-dealkylation sites (tertiary alicyclic amines) is 1. The highest BCUT2D eigenvalue weighted by Crippen LogP contribution is 2.18. The lowest BCUT2D eigenvalue weighted by molar-refractivity contribution is -0.141. The maximum absolute atomic E-state index is 11.4. The zero-order chi connectivity index (χ0) is 11.3. The molecule has 0 radical (unpaired) electrons. The van der Waals surface area contributed by atoms with Crippen molar-refractivity contribution in [3.05, 3.63) is 0 Å². The second kappa shape index (κ2) is 5.73. The van der Waals surface area contributed by atoms with Gasteiger partial charge < -0.3 is 10.0 Å². The molecule has 1 rings (SSSR count). The Labute approximate surface area is 90.3 Å². The molecule has 0 aromatic carbocycles. The van der Waals surface area contributed by atoms with Crippen LogP contribution >= 0.6 is 0 Å². The highest BCUT2D eigenvalue weighted by molar-refractivity contribution is 5.86. The van der Waals surface area contributed by atoms with E-state index in [0.717, 1.165) is 19.4 Å². The Morgan fingerprint density at radius 2 is 2.20 bits per heavy atom. The number of amides is 1. The van der Waals surface area contributed by atoms with Crippen LogP contribution in [0.15, 0.2) is 0 Å². The van der Waals surface area contributed by atoms with E-state index in [1.165, 1.54) is 12.8 Å². The Kier molecular flexibility index (Phi) is 4.59. The minimum absolute atomic E-state index is 0.00102. The molecule has 0 saturated carbocycles. The lowest BCUT2D eigenvalue weighted by atomic mass is 10.1. The van der Waals surface area contributed by atoms with Crippen molar-refractivity contribution >= 4 is 11.9 Å². The molecule has 1 aliphatic rings. The molecular formula is C11H19NO3. The second-order valence-corrected chi connectivity index (χ2v) is 4.14. The molecule has 1 N–H and O–H groups in total. The SMILES string of the molecule is CCCCCCN1C[C@@H](C(=O)O)CC1=O. The summed E-state index contributed by atoms with van der Waals surface area (Å²) in [6, 6.07) is 0. The van der Waals surface area contributed by atoms with Crippen molar-refractivity contribution in [3.8, 4) is 0 Å². The number of carbonyl (C=O) groups excluding carboxylic acids is 1. The van der Waals surface area contributed by atoms with Gasteiger partial charge in [-0.05, 0) is 6.42 Å². The molecule has 0 aliphatic carbocycles. The van der Waals surface area contributed by atoms with Crippen LogP contribution in [0, 0.1) is 5.92 Å². The molecule has 0 aromatic heterocycles. The van der Waals surface area contributed by atoms with Gasteiger partial charge in [0, 0.05) is 19.5 Å². The van der Waals surface area contributed by atoms with Crippen molar-refractivity contribution in [1.29, 1.82) is 0 Å². The van der Waals surface area contributed by atoms with Crippen LogP contribution < -0.4 is 0 Å². The first-order chi connectivity index (χ1) is 7.15. The van der Waals surface area contributed by atoms with Crippen LogP contribution in [-0.2, 0) is 9.59 Å². The zero-order valence-electron chi connectivity index (χ0n) is 9.24. The molecule has 1 saturated heterocycles. The van der Waals surface area contributed by atoms with E-state index < -0.39 is 11.9 Å². The normalized spacial score (nSPS) is 21.0. The smallest absolute Gasteiger partial charge is 0.308 e. The largest absolute Gasteiger partial charge is 0.481 e. The first kappa shape index (κ1) is 12.0. The standard InChI is InChI=1S/C11H19NO3/c1-2-3-4-5-6-12-8-9(11(14)15)7-10(12)13/h9H,2-8H2,1H3,(H,14,15)/t9-/m0/s1. The fourth-order valence-corrected chi connectivity index (χ4v) is 1.88. The third kappa shape index (κ3) is 3.53. The summed E-state index contributed by atoms with van der Waals surface area (Å²) in [5.41, 5.74) is 0. The Morgan fingerprint density at radius 1 is 1.47 bits per heavy atom. The summed E-state index contributed by atoms with van der Waals surface area (Å²) in [6.45, 7) is 3.27. The quantitative estimate of drug-likeness (QED) is 0.680. The lowest BCUT2D eigenvalue weighted by Gasteiger charge is -2.15. The Bertz CT molecular complexity index is 240. The highest BCUT2D eigenvalue weighted by Gasteiger charge is 2.33. The number of carboxylic acids is 1. The van der Waals surface area contributed by atoms with Crippen LogP contribution in [0.3, 0.4) is 0 Å².